The van der Waals surface area contributed by atoms with Crippen LogP contribution in [0.2, 0.25) is 0 Å². The highest BCUT2D eigenvalue weighted by Crippen LogP contribution is 2.33. The monoisotopic (exact) mass is 267 g/mol. The molecule has 1 aliphatic heterocycles. The van der Waals surface area contributed by atoms with Crippen molar-refractivity contribution in [2.75, 3.05) is 19.8 Å². The lowest BCUT2D eigenvalue weighted by molar-refractivity contribution is 0.0369. The van der Waals surface area contributed by atoms with E-state index in [1.807, 2.05) is 18.2 Å². The third-order valence-electron chi connectivity index (χ3n) is 2.81. The van der Waals surface area contributed by atoms with Crippen LogP contribution >= 0.6 is 23.5 Å². The van der Waals surface area contributed by atoms with E-state index in [2.05, 4.69) is 15.4 Å². The highest BCUT2D eigenvalue weighted by atomic mass is 32.2. The van der Waals surface area contributed by atoms with Crippen LogP contribution in [0.5, 0.6) is 0 Å². The molecule has 2 heterocycles. The second kappa shape index (κ2) is 4.91. The van der Waals surface area contributed by atoms with Gasteiger partial charge < -0.3 is 4.74 Å². The normalized spacial score (nSPS) is 22.1. The van der Waals surface area contributed by atoms with Crippen LogP contribution < -0.4 is 5.14 Å². The smallest absolute Gasteiger partial charge is 0.114 e. The Hall–Kier alpha value is -0.660. The number of morpholine rings is 1. The Kier molecular flexibility index (Phi) is 3.30. The van der Waals surface area contributed by atoms with Gasteiger partial charge in [-0.1, -0.05) is 12.1 Å². The van der Waals surface area contributed by atoms with Crippen molar-refractivity contribution in [2.45, 2.75) is 6.04 Å². The number of rotatable bonds is 2. The summed E-state index contributed by atoms with van der Waals surface area (Å²) >= 11 is 3.00. The Morgan fingerprint density at radius 3 is 3.18 bits per heavy atom. The van der Waals surface area contributed by atoms with E-state index in [1.165, 1.54) is 16.8 Å². The van der Waals surface area contributed by atoms with Gasteiger partial charge >= 0.3 is 0 Å². The van der Waals surface area contributed by atoms with Crippen LogP contribution in [-0.2, 0) is 4.74 Å². The summed E-state index contributed by atoms with van der Waals surface area (Å²) < 4.78 is 8.88. The van der Waals surface area contributed by atoms with E-state index >= 15 is 0 Å². The number of ether oxygens (including phenoxy) is 1. The third-order valence-corrected chi connectivity index (χ3v) is 4.66. The van der Waals surface area contributed by atoms with E-state index in [-0.39, 0.29) is 6.04 Å². The highest BCUT2D eigenvalue weighted by molar-refractivity contribution is 7.94. The molecule has 2 aromatic rings. The summed E-state index contributed by atoms with van der Waals surface area (Å²) in [6, 6.07) is 8.37. The number of thiazole rings is 1. The lowest BCUT2D eigenvalue weighted by atomic mass is 10.3. The van der Waals surface area contributed by atoms with Crippen LogP contribution in [0, 0.1) is 0 Å². The van der Waals surface area contributed by atoms with E-state index in [4.69, 9.17) is 9.88 Å². The van der Waals surface area contributed by atoms with Gasteiger partial charge in [-0.05, 0) is 12.1 Å². The topological polar surface area (TPSA) is 51.4 Å². The van der Waals surface area contributed by atoms with Gasteiger partial charge in [0, 0.05) is 18.7 Å². The summed E-state index contributed by atoms with van der Waals surface area (Å²) in [7, 11) is 0. The molecule has 0 aliphatic carbocycles. The Balaban J connectivity index is 1.96. The molecule has 17 heavy (non-hydrogen) atoms. The van der Waals surface area contributed by atoms with Gasteiger partial charge in [-0.3, -0.25) is 5.14 Å². The minimum absolute atomic E-state index is 0.177. The zero-order valence-corrected chi connectivity index (χ0v) is 10.8. The van der Waals surface area contributed by atoms with Crippen LogP contribution in [-0.4, -0.2) is 29.0 Å². The average molecular weight is 267 g/mol. The molecule has 4 nitrogen and oxygen atoms in total. The molecule has 1 unspecified atom stereocenters. The Bertz CT molecular complexity index is 483. The lowest BCUT2D eigenvalue weighted by Crippen LogP contribution is -2.35. The van der Waals surface area contributed by atoms with Crippen molar-refractivity contribution < 1.29 is 4.74 Å². The minimum atomic E-state index is 0.177. The summed E-state index contributed by atoms with van der Waals surface area (Å²) in [5, 5.41) is 6.78. The van der Waals surface area contributed by atoms with Crippen molar-refractivity contribution in [3.63, 3.8) is 0 Å². The van der Waals surface area contributed by atoms with Gasteiger partial charge in [-0.2, -0.15) is 0 Å². The Morgan fingerprint density at radius 2 is 2.35 bits per heavy atom. The predicted octanol–water partition coefficient (Wildman–Crippen LogP) is 2.19. The molecule has 90 valence electrons. The first kappa shape index (κ1) is 11.4. The highest BCUT2D eigenvalue weighted by Gasteiger charge is 2.27. The summed E-state index contributed by atoms with van der Waals surface area (Å²) in [4.78, 5) is 4.66. The molecule has 1 aromatic heterocycles. The molecular formula is C11H13N3OS2. The van der Waals surface area contributed by atoms with Crippen LogP contribution in [0.25, 0.3) is 10.2 Å². The molecule has 0 spiro atoms. The van der Waals surface area contributed by atoms with Crippen molar-refractivity contribution in [3.8, 4) is 0 Å². The van der Waals surface area contributed by atoms with E-state index in [1.54, 1.807) is 11.3 Å². The largest absolute Gasteiger partial charge is 0.378 e. The maximum atomic E-state index is 5.69. The molecule has 2 N–H and O–H groups in total. The molecule has 3 rings (SSSR count). The first-order valence-corrected chi connectivity index (χ1v) is 7.10. The molecule has 1 atom stereocenters. The molecule has 0 amide bonds. The molecule has 0 bridgehead atoms. The minimum Gasteiger partial charge on any atom is -0.378 e. The van der Waals surface area contributed by atoms with Gasteiger partial charge in [0.15, 0.2) is 0 Å². The summed E-state index contributed by atoms with van der Waals surface area (Å²) in [6.45, 7) is 2.26. The second-order valence-electron chi connectivity index (χ2n) is 3.86. The number of para-hydroxylation sites is 1. The van der Waals surface area contributed by atoms with Gasteiger partial charge in [0.25, 0.3) is 0 Å². The number of aromatic nitrogens is 1. The number of nitrogens with zero attached hydrogens (tertiary/aromatic N) is 2. The second-order valence-corrected chi connectivity index (χ2v) is 5.60. The van der Waals surface area contributed by atoms with Crippen molar-refractivity contribution in [2.24, 2.45) is 5.14 Å². The molecule has 0 saturated carbocycles. The molecule has 1 aliphatic rings. The van der Waals surface area contributed by atoms with E-state index in [9.17, 15) is 0 Å². The van der Waals surface area contributed by atoms with Crippen LogP contribution in [0.1, 0.15) is 11.0 Å². The first-order chi connectivity index (χ1) is 8.38. The van der Waals surface area contributed by atoms with Gasteiger partial charge in [0.05, 0.1) is 29.5 Å². The fourth-order valence-corrected chi connectivity index (χ4v) is 3.56. The molecule has 1 aromatic carbocycles. The maximum absolute atomic E-state index is 5.69. The van der Waals surface area contributed by atoms with Gasteiger partial charge in [-0.25, -0.2) is 9.29 Å². The van der Waals surface area contributed by atoms with Gasteiger partial charge in [0.1, 0.15) is 5.01 Å². The summed E-state index contributed by atoms with van der Waals surface area (Å²) in [5.41, 5.74) is 1.06. The number of fused-ring (bicyclic) bond motifs is 1. The van der Waals surface area contributed by atoms with E-state index in [0.29, 0.717) is 6.61 Å². The molecule has 1 fully saturated rings. The van der Waals surface area contributed by atoms with Crippen molar-refractivity contribution >= 4 is 33.7 Å². The maximum Gasteiger partial charge on any atom is 0.114 e. The van der Waals surface area contributed by atoms with Crippen LogP contribution in [0.4, 0.5) is 0 Å². The van der Waals surface area contributed by atoms with Gasteiger partial charge in [0.2, 0.25) is 0 Å². The molecular weight excluding hydrogens is 254 g/mol. The quantitative estimate of drug-likeness (QED) is 0.845. The summed E-state index contributed by atoms with van der Waals surface area (Å²) in [5.74, 6) is 0. The van der Waals surface area contributed by atoms with Gasteiger partial charge in [-0.15, -0.1) is 11.3 Å². The first-order valence-electron chi connectivity index (χ1n) is 5.45. The SMILES string of the molecule is NSN1CCOCC1c1nc2ccccc2s1. The van der Waals surface area contributed by atoms with E-state index < -0.39 is 0 Å². The lowest BCUT2D eigenvalue weighted by Gasteiger charge is -2.31. The van der Waals surface area contributed by atoms with Crippen LogP contribution in [0.3, 0.4) is 0 Å². The zero-order valence-electron chi connectivity index (χ0n) is 9.20. The Labute approximate surface area is 108 Å². The number of benzene rings is 1. The number of hydrogen-bond donors (Lipinski definition) is 1. The summed E-state index contributed by atoms with van der Waals surface area (Å²) in [6.07, 6.45) is 0. The predicted molar refractivity (Wildman–Crippen MR) is 71.7 cm³/mol. The van der Waals surface area contributed by atoms with E-state index in [0.717, 1.165) is 23.7 Å². The third kappa shape index (κ3) is 2.19. The molecule has 6 heteroatoms. The fourth-order valence-electron chi connectivity index (χ4n) is 1.94. The molecule has 1 saturated heterocycles. The van der Waals surface area contributed by atoms with Crippen molar-refractivity contribution in [1.82, 2.24) is 9.29 Å². The zero-order chi connectivity index (χ0) is 11.7. The standard InChI is InChI=1S/C11H13N3OS2/c12-17-14-5-6-15-7-9(14)11-13-8-3-1-2-4-10(8)16-11/h1-4,9H,5-7,12H2. The van der Waals surface area contributed by atoms with Crippen molar-refractivity contribution in [1.29, 1.82) is 0 Å². The fraction of sp³-hybridized carbons (Fsp3) is 0.364. The molecule has 0 radical (unpaired) electrons. The number of nitrogens with two attached hydrogens (primary N) is 1. The number of hydrogen-bond acceptors (Lipinski definition) is 6. The van der Waals surface area contributed by atoms with Crippen molar-refractivity contribution in [3.05, 3.63) is 29.3 Å². The average Bonchev–Trinajstić information content (AvgIpc) is 2.82. The van der Waals surface area contributed by atoms with Crippen LogP contribution in [0.15, 0.2) is 24.3 Å². The Morgan fingerprint density at radius 1 is 1.47 bits per heavy atom.